The smallest absolute Gasteiger partial charge is 0.414 e. The number of furan rings is 1. The summed E-state index contributed by atoms with van der Waals surface area (Å²) in [5.41, 5.74) is 0.989. The van der Waals surface area contributed by atoms with Gasteiger partial charge in [0.1, 0.15) is 11.6 Å². The van der Waals surface area contributed by atoms with Gasteiger partial charge in [0, 0.05) is 6.61 Å². The lowest BCUT2D eigenvalue weighted by Crippen LogP contribution is -2.34. The zero-order valence-corrected chi connectivity index (χ0v) is 17.7. The molecule has 3 rings (SSSR count). The van der Waals surface area contributed by atoms with Crippen molar-refractivity contribution in [3.8, 4) is 0 Å². The van der Waals surface area contributed by atoms with Gasteiger partial charge in [-0.25, -0.2) is 18.8 Å². The van der Waals surface area contributed by atoms with Crippen LogP contribution in [0.2, 0.25) is 0 Å². The number of benzene rings is 1. The highest BCUT2D eigenvalue weighted by molar-refractivity contribution is 6.27. The molecule has 1 aromatic carbocycles. The van der Waals surface area contributed by atoms with E-state index in [4.69, 9.17) is 29.0 Å². The van der Waals surface area contributed by atoms with Crippen molar-refractivity contribution < 1.29 is 42.9 Å². The summed E-state index contributed by atoms with van der Waals surface area (Å²) in [5.74, 6) is -2.77. The van der Waals surface area contributed by atoms with Gasteiger partial charge < -0.3 is 24.1 Å². The molecule has 32 heavy (non-hydrogen) atoms. The number of carboxylic acid groups (broad SMARTS) is 2. The highest BCUT2D eigenvalue weighted by Crippen LogP contribution is 2.21. The number of carbonyl (C=O) groups excluding carboxylic acids is 1. The lowest BCUT2D eigenvalue weighted by atomic mass is 9.98. The average Bonchev–Trinajstić information content (AvgIpc) is 3.24. The first-order valence-corrected chi connectivity index (χ1v) is 9.96. The van der Waals surface area contributed by atoms with Gasteiger partial charge in [0.15, 0.2) is 0 Å². The first-order valence-electron chi connectivity index (χ1n) is 9.96. The van der Waals surface area contributed by atoms with E-state index in [9.17, 15) is 9.18 Å². The highest BCUT2D eigenvalue weighted by Gasteiger charge is 2.21. The van der Waals surface area contributed by atoms with Gasteiger partial charge >= 0.3 is 17.9 Å². The molecule has 0 radical (unpaired) electrons. The quantitative estimate of drug-likeness (QED) is 0.483. The Morgan fingerprint density at radius 1 is 1.06 bits per heavy atom. The fourth-order valence-corrected chi connectivity index (χ4v) is 3.13. The molecular weight excluding hydrogens is 425 g/mol. The number of nitrogens with zero attached hydrogens (tertiary/aromatic N) is 1. The Bertz CT molecular complexity index is 876. The third-order valence-corrected chi connectivity index (χ3v) is 4.85. The van der Waals surface area contributed by atoms with Crippen LogP contribution in [0.1, 0.15) is 34.7 Å². The summed E-state index contributed by atoms with van der Waals surface area (Å²) >= 11 is 0. The van der Waals surface area contributed by atoms with Crippen LogP contribution in [0.5, 0.6) is 0 Å². The van der Waals surface area contributed by atoms with Gasteiger partial charge in [-0.15, -0.1) is 0 Å². The maximum absolute atomic E-state index is 12.9. The molecule has 0 atom stereocenters. The molecule has 0 aliphatic carbocycles. The number of esters is 1. The van der Waals surface area contributed by atoms with Crippen molar-refractivity contribution >= 4 is 17.9 Å². The largest absolute Gasteiger partial charge is 0.473 e. The molecule has 2 aromatic rings. The standard InChI is InChI=1S/C20H24FNO4.C2H2O4/c1-24-20(23)19-7-6-18(26-19)12-22-10-8-16(9-11-22)14-25-13-15-2-4-17(21)5-3-15;3-1(4)2(5)6/h2-7,16H,8-14H2,1H3;(H,3,4)(H,5,6). The van der Waals surface area contributed by atoms with Gasteiger partial charge in [0.05, 0.1) is 20.3 Å². The Labute approximate surface area is 184 Å². The Hall–Kier alpha value is -3.24. The van der Waals surface area contributed by atoms with Gasteiger partial charge in [0.25, 0.3) is 0 Å². The number of aliphatic carboxylic acids is 2. The van der Waals surface area contributed by atoms with Gasteiger partial charge in [-0.3, -0.25) is 4.90 Å². The maximum Gasteiger partial charge on any atom is 0.414 e. The molecule has 10 heteroatoms. The van der Waals surface area contributed by atoms with Crippen molar-refractivity contribution in [3.63, 3.8) is 0 Å². The van der Waals surface area contributed by atoms with E-state index in [0.717, 1.165) is 43.9 Å². The molecule has 2 heterocycles. The molecule has 0 saturated carbocycles. The van der Waals surface area contributed by atoms with E-state index < -0.39 is 17.9 Å². The number of halogens is 1. The molecule has 1 fully saturated rings. The van der Waals surface area contributed by atoms with Crippen LogP contribution in [-0.4, -0.2) is 59.8 Å². The molecule has 1 saturated heterocycles. The number of methoxy groups -OCH3 is 1. The second-order valence-corrected chi connectivity index (χ2v) is 7.23. The van der Waals surface area contributed by atoms with Crippen molar-refractivity contribution in [2.45, 2.75) is 26.0 Å². The van der Waals surface area contributed by atoms with Crippen LogP contribution < -0.4 is 0 Å². The molecule has 0 unspecified atom stereocenters. The summed E-state index contributed by atoms with van der Waals surface area (Å²) < 4.78 is 28.8. The summed E-state index contributed by atoms with van der Waals surface area (Å²) in [7, 11) is 1.34. The Balaban J connectivity index is 0.000000534. The summed E-state index contributed by atoms with van der Waals surface area (Å²) in [5, 5.41) is 14.8. The van der Waals surface area contributed by atoms with Crippen LogP contribution in [0.25, 0.3) is 0 Å². The van der Waals surface area contributed by atoms with E-state index in [2.05, 4.69) is 9.64 Å². The minimum Gasteiger partial charge on any atom is -0.473 e. The molecule has 0 spiro atoms. The van der Waals surface area contributed by atoms with E-state index in [1.54, 1.807) is 18.2 Å². The number of likely N-dealkylation sites (tertiary alicyclic amines) is 1. The lowest BCUT2D eigenvalue weighted by Gasteiger charge is -2.31. The third-order valence-electron chi connectivity index (χ3n) is 4.85. The topological polar surface area (TPSA) is 127 Å². The monoisotopic (exact) mass is 451 g/mol. The van der Waals surface area contributed by atoms with Gasteiger partial charge in [-0.2, -0.15) is 0 Å². The van der Waals surface area contributed by atoms with Gasteiger partial charge in [-0.1, -0.05) is 12.1 Å². The number of ether oxygens (including phenoxy) is 2. The molecule has 1 aromatic heterocycles. The molecule has 2 N–H and O–H groups in total. The fourth-order valence-electron chi connectivity index (χ4n) is 3.13. The van der Waals surface area contributed by atoms with E-state index in [0.29, 0.717) is 19.1 Å². The normalized spacial score (nSPS) is 14.3. The zero-order valence-electron chi connectivity index (χ0n) is 17.7. The average molecular weight is 451 g/mol. The van der Waals surface area contributed by atoms with Crippen LogP contribution in [-0.2, 0) is 32.2 Å². The first-order chi connectivity index (χ1) is 15.3. The van der Waals surface area contributed by atoms with Crippen molar-refractivity contribution in [3.05, 3.63) is 59.3 Å². The summed E-state index contributed by atoms with van der Waals surface area (Å²) in [4.78, 5) is 31.9. The fraction of sp³-hybridized carbons (Fsp3) is 0.409. The number of carboxylic acids is 2. The van der Waals surface area contributed by atoms with Crippen molar-refractivity contribution in [2.24, 2.45) is 5.92 Å². The van der Waals surface area contributed by atoms with Gasteiger partial charge in [0.2, 0.25) is 5.76 Å². The van der Waals surface area contributed by atoms with E-state index in [-0.39, 0.29) is 11.6 Å². The predicted octanol–water partition coefficient (Wildman–Crippen LogP) is 2.79. The van der Waals surface area contributed by atoms with E-state index >= 15 is 0 Å². The van der Waals surface area contributed by atoms with Crippen LogP contribution in [0.4, 0.5) is 4.39 Å². The van der Waals surface area contributed by atoms with E-state index in [1.807, 2.05) is 6.07 Å². The van der Waals surface area contributed by atoms with Crippen molar-refractivity contribution in [2.75, 3.05) is 26.8 Å². The van der Waals surface area contributed by atoms with Crippen LogP contribution in [0, 0.1) is 11.7 Å². The highest BCUT2D eigenvalue weighted by atomic mass is 19.1. The molecule has 174 valence electrons. The van der Waals surface area contributed by atoms with Crippen LogP contribution >= 0.6 is 0 Å². The predicted molar refractivity (Wildman–Crippen MR) is 109 cm³/mol. The second kappa shape index (κ2) is 12.6. The number of rotatable bonds is 7. The SMILES string of the molecule is COC(=O)c1ccc(CN2CCC(COCc3ccc(F)cc3)CC2)o1.O=C(O)C(=O)O. The zero-order chi connectivity index (χ0) is 23.5. The molecule has 1 aliphatic heterocycles. The summed E-state index contributed by atoms with van der Waals surface area (Å²) in [6.45, 7) is 3.87. The number of hydrogen-bond donors (Lipinski definition) is 2. The minimum absolute atomic E-state index is 0.226. The third kappa shape index (κ3) is 8.48. The van der Waals surface area contributed by atoms with Crippen LogP contribution in [0.3, 0.4) is 0 Å². The Morgan fingerprint density at radius 2 is 1.69 bits per heavy atom. The second-order valence-electron chi connectivity index (χ2n) is 7.23. The van der Waals surface area contributed by atoms with Crippen molar-refractivity contribution in [1.82, 2.24) is 4.90 Å². The van der Waals surface area contributed by atoms with Crippen LogP contribution in [0.15, 0.2) is 40.8 Å². The summed E-state index contributed by atoms with van der Waals surface area (Å²) in [6, 6.07) is 9.89. The molecule has 0 amide bonds. The first kappa shape index (κ1) is 25.0. The number of hydrogen-bond acceptors (Lipinski definition) is 7. The molecule has 1 aliphatic rings. The molecular formula is C22H26FNO8. The minimum atomic E-state index is -1.82. The number of carbonyl (C=O) groups is 3. The van der Waals surface area contributed by atoms with E-state index in [1.165, 1.54) is 19.2 Å². The molecule has 9 nitrogen and oxygen atoms in total. The Morgan fingerprint density at radius 3 is 2.25 bits per heavy atom. The van der Waals surface area contributed by atoms with Crippen molar-refractivity contribution in [1.29, 1.82) is 0 Å². The lowest BCUT2D eigenvalue weighted by molar-refractivity contribution is -0.159. The summed E-state index contributed by atoms with van der Waals surface area (Å²) in [6.07, 6.45) is 2.13. The van der Waals surface area contributed by atoms with Gasteiger partial charge in [-0.05, 0) is 61.7 Å². The Kier molecular flexibility index (Phi) is 9.83. The number of piperidine rings is 1. The molecule has 0 bridgehead atoms. The maximum atomic E-state index is 12.9.